The summed E-state index contributed by atoms with van der Waals surface area (Å²) in [5.74, 6) is 0.506. The van der Waals surface area contributed by atoms with E-state index in [1.54, 1.807) is 18.2 Å². The van der Waals surface area contributed by atoms with Gasteiger partial charge in [0.25, 0.3) is 5.91 Å². The second-order valence-electron chi connectivity index (χ2n) is 5.41. The first-order valence-corrected chi connectivity index (χ1v) is 7.67. The number of methoxy groups -OCH3 is 1. The fourth-order valence-electron chi connectivity index (χ4n) is 2.29. The van der Waals surface area contributed by atoms with Gasteiger partial charge < -0.3 is 14.8 Å². The van der Waals surface area contributed by atoms with E-state index < -0.39 is 0 Å². The molecule has 0 aromatic heterocycles. The predicted octanol–water partition coefficient (Wildman–Crippen LogP) is 3.15. The number of Topliss-reactive ketones (excluding diaryl/α,β-unsaturated/α-hetero) is 1. The van der Waals surface area contributed by atoms with Crippen LogP contribution in [0.1, 0.15) is 35.8 Å². The van der Waals surface area contributed by atoms with Crippen molar-refractivity contribution in [1.29, 1.82) is 0 Å². The number of hydrogen-bond donors (Lipinski definition) is 1. The summed E-state index contributed by atoms with van der Waals surface area (Å²) in [6.07, 6.45) is 0. The van der Waals surface area contributed by atoms with E-state index in [1.165, 1.54) is 14.0 Å². The fraction of sp³-hybridized carbons (Fsp3) is 0.263. The maximum Gasteiger partial charge on any atom is 0.258 e. The molecule has 2 rings (SSSR count). The predicted molar refractivity (Wildman–Crippen MR) is 91.5 cm³/mol. The lowest BCUT2D eigenvalue weighted by atomic mass is 10.1. The van der Waals surface area contributed by atoms with Crippen LogP contribution in [0.25, 0.3) is 0 Å². The van der Waals surface area contributed by atoms with Gasteiger partial charge in [0.1, 0.15) is 11.5 Å². The topological polar surface area (TPSA) is 64.6 Å². The van der Waals surface area contributed by atoms with Gasteiger partial charge in [-0.3, -0.25) is 9.59 Å². The molecule has 2 aromatic carbocycles. The van der Waals surface area contributed by atoms with Crippen LogP contribution < -0.4 is 14.8 Å². The lowest BCUT2D eigenvalue weighted by molar-refractivity contribution is -0.123. The van der Waals surface area contributed by atoms with Crippen LogP contribution in [-0.2, 0) is 4.79 Å². The van der Waals surface area contributed by atoms with Crippen molar-refractivity contribution in [2.45, 2.75) is 19.9 Å². The molecule has 1 unspecified atom stereocenters. The molecule has 126 valence electrons. The van der Waals surface area contributed by atoms with Crippen LogP contribution >= 0.6 is 0 Å². The van der Waals surface area contributed by atoms with Gasteiger partial charge in [-0.2, -0.15) is 0 Å². The summed E-state index contributed by atoms with van der Waals surface area (Å²) < 4.78 is 10.7. The molecule has 0 bridgehead atoms. The normalized spacial score (nSPS) is 11.5. The maximum atomic E-state index is 12.1. The molecule has 0 saturated heterocycles. The second kappa shape index (κ2) is 8.15. The van der Waals surface area contributed by atoms with Gasteiger partial charge in [-0.15, -0.1) is 0 Å². The van der Waals surface area contributed by atoms with Gasteiger partial charge in [-0.1, -0.05) is 30.3 Å². The number of nitrogens with one attached hydrogen (secondary N) is 1. The highest BCUT2D eigenvalue weighted by Crippen LogP contribution is 2.25. The van der Waals surface area contributed by atoms with Crippen molar-refractivity contribution >= 4 is 11.7 Å². The summed E-state index contributed by atoms with van der Waals surface area (Å²) in [6.45, 7) is 3.18. The quantitative estimate of drug-likeness (QED) is 0.794. The zero-order valence-electron chi connectivity index (χ0n) is 14.0. The molecule has 0 spiro atoms. The number of rotatable bonds is 7. The Kier molecular flexibility index (Phi) is 5.95. The van der Waals surface area contributed by atoms with E-state index in [4.69, 9.17) is 9.47 Å². The summed E-state index contributed by atoms with van der Waals surface area (Å²) in [5.41, 5.74) is 1.43. The maximum absolute atomic E-state index is 12.1. The number of ether oxygens (including phenoxy) is 2. The van der Waals surface area contributed by atoms with Crippen molar-refractivity contribution in [3.63, 3.8) is 0 Å². The average molecular weight is 327 g/mol. The van der Waals surface area contributed by atoms with Crippen molar-refractivity contribution in [2.75, 3.05) is 13.7 Å². The van der Waals surface area contributed by atoms with E-state index in [0.717, 1.165) is 5.56 Å². The lowest BCUT2D eigenvalue weighted by Gasteiger charge is -2.15. The Hall–Kier alpha value is -2.82. The van der Waals surface area contributed by atoms with Crippen LogP contribution in [-0.4, -0.2) is 25.4 Å². The SMILES string of the molecule is COc1ccc(C(C)=O)c(OCC(=O)NC(C)c2ccccc2)c1. The molecule has 0 radical (unpaired) electrons. The van der Waals surface area contributed by atoms with Crippen molar-refractivity contribution in [3.05, 3.63) is 59.7 Å². The smallest absolute Gasteiger partial charge is 0.258 e. The largest absolute Gasteiger partial charge is 0.497 e. The van der Waals surface area contributed by atoms with Gasteiger partial charge in [0.15, 0.2) is 12.4 Å². The van der Waals surface area contributed by atoms with E-state index in [-0.39, 0.29) is 24.3 Å². The highest BCUT2D eigenvalue weighted by Gasteiger charge is 2.13. The minimum absolute atomic E-state index is 0.125. The molecule has 1 amide bonds. The van der Waals surface area contributed by atoms with Gasteiger partial charge >= 0.3 is 0 Å². The Morgan fingerprint density at radius 2 is 1.83 bits per heavy atom. The van der Waals surface area contributed by atoms with Crippen LogP contribution in [0.3, 0.4) is 0 Å². The van der Waals surface area contributed by atoms with Crippen molar-refractivity contribution in [2.24, 2.45) is 0 Å². The minimum Gasteiger partial charge on any atom is -0.497 e. The van der Waals surface area contributed by atoms with E-state index in [0.29, 0.717) is 17.1 Å². The number of ketones is 1. The van der Waals surface area contributed by atoms with Crippen molar-refractivity contribution < 1.29 is 19.1 Å². The van der Waals surface area contributed by atoms with E-state index >= 15 is 0 Å². The summed E-state index contributed by atoms with van der Waals surface area (Å²) in [5, 5.41) is 2.86. The third kappa shape index (κ3) is 4.59. The van der Waals surface area contributed by atoms with Crippen LogP contribution in [0.5, 0.6) is 11.5 Å². The standard InChI is InChI=1S/C19H21NO4/c1-13(15-7-5-4-6-8-15)20-19(22)12-24-18-11-16(23-3)9-10-17(18)14(2)21/h4-11,13H,12H2,1-3H3,(H,20,22). The van der Waals surface area contributed by atoms with Gasteiger partial charge in [0.2, 0.25) is 0 Å². The first-order chi connectivity index (χ1) is 11.5. The molecule has 1 N–H and O–H groups in total. The number of hydrogen-bond acceptors (Lipinski definition) is 4. The Morgan fingerprint density at radius 3 is 2.46 bits per heavy atom. The van der Waals surface area contributed by atoms with Crippen LogP contribution in [0.15, 0.2) is 48.5 Å². The summed E-state index contributed by atoms with van der Waals surface area (Å²) in [6, 6.07) is 14.4. The molecule has 0 fully saturated rings. The lowest BCUT2D eigenvalue weighted by Crippen LogP contribution is -2.31. The van der Waals surface area contributed by atoms with Crippen LogP contribution in [0.4, 0.5) is 0 Å². The van der Waals surface area contributed by atoms with Crippen molar-refractivity contribution in [1.82, 2.24) is 5.32 Å². The Morgan fingerprint density at radius 1 is 1.12 bits per heavy atom. The highest BCUT2D eigenvalue weighted by molar-refractivity contribution is 5.97. The van der Waals surface area contributed by atoms with E-state index in [2.05, 4.69) is 5.32 Å². The number of carbonyl (C=O) groups is 2. The van der Waals surface area contributed by atoms with Gasteiger partial charge in [0, 0.05) is 6.07 Å². The van der Waals surface area contributed by atoms with Gasteiger partial charge in [0.05, 0.1) is 18.7 Å². The number of amides is 1. The van der Waals surface area contributed by atoms with Gasteiger partial charge in [-0.05, 0) is 31.5 Å². The first-order valence-electron chi connectivity index (χ1n) is 7.67. The molecule has 5 nitrogen and oxygen atoms in total. The fourth-order valence-corrected chi connectivity index (χ4v) is 2.29. The Bertz CT molecular complexity index is 713. The van der Waals surface area contributed by atoms with Crippen LogP contribution in [0.2, 0.25) is 0 Å². The molecule has 0 aliphatic carbocycles. The molecule has 24 heavy (non-hydrogen) atoms. The Balaban J connectivity index is 2.00. The molecule has 0 aliphatic rings. The average Bonchev–Trinajstić information content (AvgIpc) is 2.60. The second-order valence-corrected chi connectivity index (χ2v) is 5.41. The summed E-state index contributed by atoms with van der Waals surface area (Å²) >= 11 is 0. The minimum atomic E-state index is -0.260. The zero-order chi connectivity index (χ0) is 17.5. The van der Waals surface area contributed by atoms with Crippen LogP contribution in [0, 0.1) is 0 Å². The first kappa shape index (κ1) is 17.5. The van der Waals surface area contributed by atoms with Gasteiger partial charge in [-0.25, -0.2) is 0 Å². The third-order valence-corrected chi connectivity index (χ3v) is 3.60. The molecule has 0 aliphatic heterocycles. The molecule has 0 heterocycles. The highest BCUT2D eigenvalue weighted by atomic mass is 16.5. The molecule has 1 atom stereocenters. The number of benzene rings is 2. The zero-order valence-corrected chi connectivity index (χ0v) is 14.0. The molecule has 2 aromatic rings. The number of carbonyl (C=O) groups excluding carboxylic acids is 2. The third-order valence-electron chi connectivity index (χ3n) is 3.60. The molecule has 0 saturated carbocycles. The monoisotopic (exact) mass is 327 g/mol. The van der Waals surface area contributed by atoms with E-state index in [1.807, 2.05) is 37.3 Å². The molecule has 5 heteroatoms. The van der Waals surface area contributed by atoms with Crippen molar-refractivity contribution in [3.8, 4) is 11.5 Å². The Labute approximate surface area is 141 Å². The molecular formula is C19H21NO4. The van der Waals surface area contributed by atoms with E-state index in [9.17, 15) is 9.59 Å². The summed E-state index contributed by atoms with van der Waals surface area (Å²) in [7, 11) is 1.53. The molecular weight excluding hydrogens is 306 g/mol. The summed E-state index contributed by atoms with van der Waals surface area (Å²) in [4.78, 5) is 23.7.